The maximum atomic E-state index is 8.63. The molecule has 0 bridgehead atoms. The molecule has 0 unspecified atom stereocenters. The maximum absolute atomic E-state index is 8.63. The number of hydrogen-bond donors (Lipinski definition) is 1. The molecule has 52 valence electrons. The van der Waals surface area contributed by atoms with Gasteiger partial charge in [-0.05, 0) is 12.1 Å². The van der Waals surface area contributed by atoms with Gasteiger partial charge < -0.3 is 16.1 Å². The fourth-order valence-electron chi connectivity index (χ4n) is 0.428. The smallest absolute Gasteiger partial charge is 0.870 e. The number of para-hydroxylation sites is 1. The van der Waals surface area contributed by atoms with Crippen LogP contribution in [0.5, 0.6) is 5.75 Å². The third kappa shape index (κ3) is 6.32. The van der Waals surface area contributed by atoms with Crippen LogP contribution in [-0.2, 0) is 0 Å². The summed E-state index contributed by atoms with van der Waals surface area (Å²) in [7, 11) is 0. The van der Waals surface area contributed by atoms with Crippen molar-refractivity contribution in [2.24, 2.45) is 0 Å². The molecule has 1 aromatic carbocycles. The molecule has 1 rings (SSSR count). The summed E-state index contributed by atoms with van der Waals surface area (Å²) in [4.78, 5) is 0. The van der Waals surface area contributed by atoms with Gasteiger partial charge in [-0.2, -0.15) is 0 Å². The van der Waals surface area contributed by atoms with Crippen LogP contribution >= 0.6 is 0 Å². The van der Waals surface area contributed by atoms with Crippen molar-refractivity contribution in [2.45, 2.75) is 0 Å². The van der Waals surface area contributed by atoms with Gasteiger partial charge in [-0.15, -0.1) is 0 Å². The monoisotopic (exact) mass is 168 g/mol. The van der Waals surface area contributed by atoms with Crippen molar-refractivity contribution < 1.29 is 16.1 Å². The molecule has 0 saturated heterocycles. The van der Waals surface area contributed by atoms with E-state index < -0.39 is 0 Å². The zero-order valence-corrected chi connectivity index (χ0v) is 7.64. The number of benzene rings is 1. The van der Waals surface area contributed by atoms with Crippen molar-refractivity contribution in [2.75, 3.05) is 0 Å². The third-order valence-corrected chi connectivity index (χ3v) is 0.756. The normalized spacial score (nSPS) is 6.00. The SMILES string of the molecule is Oc1ccccc1.[Ca+2].[OH-].[OH-]. The molecule has 0 aromatic heterocycles. The van der Waals surface area contributed by atoms with E-state index in [1.165, 1.54) is 0 Å². The van der Waals surface area contributed by atoms with E-state index in [4.69, 9.17) is 5.11 Å². The summed E-state index contributed by atoms with van der Waals surface area (Å²) in [5, 5.41) is 8.63. The van der Waals surface area contributed by atoms with E-state index in [0.717, 1.165) is 0 Å². The van der Waals surface area contributed by atoms with Crippen LogP contribution in [-0.4, -0.2) is 53.8 Å². The van der Waals surface area contributed by atoms with Crippen molar-refractivity contribution in [3.05, 3.63) is 30.3 Å². The molecule has 3 N–H and O–H groups in total. The molecular weight excluding hydrogens is 160 g/mol. The van der Waals surface area contributed by atoms with E-state index in [2.05, 4.69) is 0 Å². The first-order valence-electron chi connectivity index (χ1n) is 2.13. The molecule has 3 nitrogen and oxygen atoms in total. The van der Waals surface area contributed by atoms with Crippen molar-refractivity contribution >= 4 is 37.7 Å². The summed E-state index contributed by atoms with van der Waals surface area (Å²) >= 11 is 0. The van der Waals surface area contributed by atoms with Gasteiger partial charge in [-0.1, -0.05) is 18.2 Å². The van der Waals surface area contributed by atoms with Crippen LogP contribution in [0, 0.1) is 0 Å². The van der Waals surface area contributed by atoms with Crippen LogP contribution in [0.15, 0.2) is 30.3 Å². The Morgan fingerprint density at radius 2 is 1.30 bits per heavy atom. The Hall–Kier alpha value is 0.200. The van der Waals surface area contributed by atoms with E-state index in [-0.39, 0.29) is 48.7 Å². The second-order valence-electron chi connectivity index (χ2n) is 1.34. The molecule has 0 atom stereocenters. The van der Waals surface area contributed by atoms with E-state index in [9.17, 15) is 0 Å². The average Bonchev–Trinajstić information content (AvgIpc) is 1.69. The van der Waals surface area contributed by atoms with Gasteiger partial charge in [0.2, 0.25) is 0 Å². The standard InChI is InChI=1S/C6H6O.Ca.2H2O/c7-6-4-2-1-3-5-6;;;/h1-5,7H;;2*1H2/q;+2;;/p-2. The summed E-state index contributed by atoms with van der Waals surface area (Å²) in [6, 6.07) is 8.71. The molecule has 0 aliphatic rings. The van der Waals surface area contributed by atoms with Gasteiger partial charge >= 0.3 is 37.7 Å². The van der Waals surface area contributed by atoms with Crippen LogP contribution in [0.2, 0.25) is 0 Å². The Morgan fingerprint density at radius 3 is 1.50 bits per heavy atom. The van der Waals surface area contributed by atoms with Crippen molar-refractivity contribution in [3.63, 3.8) is 0 Å². The van der Waals surface area contributed by atoms with Gasteiger partial charge in [0.15, 0.2) is 0 Å². The number of phenolic OH excluding ortho intramolecular Hbond substituents is 1. The Bertz CT molecular complexity index is 143. The first-order valence-corrected chi connectivity index (χ1v) is 2.13. The minimum absolute atomic E-state index is 0. The van der Waals surface area contributed by atoms with Crippen LogP contribution in [0.4, 0.5) is 0 Å². The zero-order chi connectivity index (χ0) is 5.11. The predicted octanol–water partition coefficient (Wildman–Crippen LogP) is 0.658. The van der Waals surface area contributed by atoms with Gasteiger partial charge in [0.25, 0.3) is 0 Å². The Balaban J connectivity index is -0.000000163. The van der Waals surface area contributed by atoms with Gasteiger partial charge in [-0.25, -0.2) is 0 Å². The van der Waals surface area contributed by atoms with E-state index in [0.29, 0.717) is 5.75 Å². The molecule has 0 spiro atoms. The first kappa shape index (κ1) is 16.7. The Kier molecular flexibility index (Phi) is 15.3. The number of rotatable bonds is 0. The Labute approximate surface area is 89.3 Å². The first-order chi connectivity index (χ1) is 3.39. The largest absolute Gasteiger partial charge is 2.00 e. The topological polar surface area (TPSA) is 80.2 Å². The summed E-state index contributed by atoms with van der Waals surface area (Å²) in [6.07, 6.45) is 0. The quantitative estimate of drug-likeness (QED) is 0.578. The van der Waals surface area contributed by atoms with E-state index >= 15 is 0 Å². The molecule has 0 aliphatic heterocycles. The third-order valence-electron chi connectivity index (χ3n) is 0.756. The average molecular weight is 168 g/mol. The molecule has 0 saturated carbocycles. The van der Waals surface area contributed by atoms with Gasteiger partial charge in [0.1, 0.15) is 5.75 Å². The van der Waals surface area contributed by atoms with Gasteiger partial charge in [-0.3, -0.25) is 0 Å². The van der Waals surface area contributed by atoms with Crippen LogP contribution < -0.4 is 0 Å². The maximum Gasteiger partial charge on any atom is 2.00 e. The van der Waals surface area contributed by atoms with Gasteiger partial charge in [0, 0.05) is 0 Å². The molecular formula is C6H8CaO3. The van der Waals surface area contributed by atoms with Crippen molar-refractivity contribution in [1.29, 1.82) is 0 Å². The minimum atomic E-state index is 0. The second kappa shape index (κ2) is 9.20. The molecule has 1 aromatic rings. The van der Waals surface area contributed by atoms with Crippen LogP contribution in [0.1, 0.15) is 0 Å². The summed E-state index contributed by atoms with van der Waals surface area (Å²) in [5.74, 6) is 0.322. The van der Waals surface area contributed by atoms with Crippen LogP contribution in [0.25, 0.3) is 0 Å². The zero-order valence-electron chi connectivity index (χ0n) is 5.44. The Morgan fingerprint density at radius 1 is 0.900 bits per heavy atom. The van der Waals surface area contributed by atoms with Crippen molar-refractivity contribution in [3.8, 4) is 5.75 Å². The molecule has 0 heterocycles. The summed E-state index contributed by atoms with van der Waals surface area (Å²) < 4.78 is 0. The number of aromatic hydroxyl groups is 1. The fraction of sp³-hybridized carbons (Fsp3) is 0. The van der Waals surface area contributed by atoms with E-state index in [1.54, 1.807) is 24.3 Å². The molecule has 0 aliphatic carbocycles. The van der Waals surface area contributed by atoms with Gasteiger partial charge in [0.05, 0.1) is 0 Å². The molecule has 4 heteroatoms. The molecule has 10 heavy (non-hydrogen) atoms. The van der Waals surface area contributed by atoms with E-state index in [1.807, 2.05) is 6.07 Å². The predicted molar refractivity (Wildman–Crippen MR) is 37.7 cm³/mol. The number of hydrogen-bond acceptors (Lipinski definition) is 3. The van der Waals surface area contributed by atoms with Crippen LogP contribution in [0.3, 0.4) is 0 Å². The summed E-state index contributed by atoms with van der Waals surface area (Å²) in [5.41, 5.74) is 0. The number of phenols is 1. The summed E-state index contributed by atoms with van der Waals surface area (Å²) in [6.45, 7) is 0. The fourth-order valence-corrected chi connectivity index (χ4v) is 0.428. The molecule has 0 radical (unpaired) electrons. The minimum Gasteiger partial charge on any atom is -0.870 e. The molecule has 0 amide bonds. The molecule has 0 fully saturated rings. The van der Waals surface area contributed by atoms with Crippen molar-refractivity contribution in [1.82, 2.24) is 0 Å². The second-order valence-corrected chi connectivity index (χ2v) is 1.34.